The Morgan fingerprint density at radius 1 is 1.09 bits per heavy atom. The molecule has 4 heterocycles. The first-order valence-electron chi connectivity index (χ1n) is 11.5. The SMILES string of the molecule is Cc1cc(N2CCC(c3nnc4n3-c3ccc(Cl)cc3CN(C3CC3(F)F)C4)CC2)ncc1F. The highest BCUT2D eigenvalue weighted by molar-refractivity contribution is 6.30. The van der Waals surface area contributed by atoms with Gasteiger partial charge in [0.2, 0.25) is 0 Å². The van der Waals surface area contributed by atoms with Crippen LogP contribution in [0.2, 0.25) is 5.02 Å². The van der Waals surface area contributed by atoms with Crippen molar-refractivity contribution in [2.75, 3.05) is 18.0 Å². The fourth-order valence-corrected chi connectivity index (χ4v) is 5.39. The molecule has 3 aromatic rings. The number of rotatable bonds is 3. The summed E-state index contributed by atoms with van der Waals surface area (Å²) < 4.78 is 43.5. The summed E-state index contributed by atoms with van der Waals surface area (Å²) in [5, 5.41) is 9.56. The normalized spacial score (nSPS) is 22.3. The Hall–Kier alpha value is -2.65. The van der Waals surface area contributed by atoms with Crippen LogP contribution in [0.15, 0.2) is 30.5 Å². The van der Waals surface area contributed by atoms with E-state index < -0.39 is 12.0 Å². The zero-order valence-corrected chi connectivity index (χ0v) is 19.4. The number of fused-ring (bicyclic) bond motifs is 3. The van der Waals surface area contributed by atoms with Crippen LogP contribution < -0.4 is 4.90 Å². The molecule has 0 N–H and O–H groups in total. The fourth-order valence-electron chi connectivity index (χ4n) is 5.19. The van der Waals surface area contributed by atoms with Gasteiger partial charge in [-0.15, -0.1) is 10.2 Å². The number of halogens is 4. The number of alkyl halides is 2. The summed E-state index contributed by atoms with van der Waals surface area (Å²) in [5.41, 5.74) is 2.39. The molecule has 0 amide bonds. The number of anilines is 1. The number of piperidine rings is 1. The molecule has 10 heteroatoms. The van der Waals surface area contributed by atoms with E-state index in [1.165, 1.54) is 6.20 Å². The lowest BCUT2D eigenvalue weighted by Gasteiger charge is -2.32. The minimum atomic E-state index is -2.66. The van der Waals surface area contributed by atoms with Gasteiger partial charge >= 0.3 is 0 Å². The van der Waals surface area contributed by atoms with Gasteiger partial charge in [-0.05, 0) is 55.2 Å². The van der Waals surface area contributed by atoms with E-state index >= 15 is 0 Å². The molecule has 1 atom stereocenters. The Morgan fingerprint density at radius 2 is 1.85 bits per heavy atom. The number of hydrogen-bond acceptors (Lipinski definition) is 5. The summed E-state index contributed by atoms with van der Waals surface area (Å²) in [4.78, 5) is 8.20. The van der Waals surface area contributed by atoms with E-state index in [0.717, 1.165) is 48.8 Å². The van der Waals surface area contributed by atoms with Crippen molar-refractivity contribution in [3.05, 3.63) is 64.1 Å². The van der Waals surface area contributed by atoms with Crippen LogP contribution in [-0.4, -0.2) is 49.7 Å². The molecule has 2 aromatic heterocycles. The minimum absolute atomic E-state index is 0.126. The highest BCUT2D eigenvalue weighted by Gasteiger charge is 2.60. The third kappa shape index (κ3) is 3.75. The highest BCUT2D eigenvalue weighted by atomic mass is 35.5. The van der Waals surface area contributed by atoms with E-state index in [9.17, 15) is 13.2 Å². The van der Waals surface area contributed by atoms with E-state index in [1.807, 2.05) is 22.8 Å². The van der Waals surface area contributed by atoms with Crippen LogP contribution in [0.4, 0.5) is 19.0 Å². The lowest BCUT2D eigenvalue weighted by Crippen LogP contribution is -2.34. The van der Waals surface area contributed by atoms with Gasteiger partial charge in [-0.25, -0.2) is 18.2 Å². The molecule has 178 valence electrons. The molecule has 1 aromatic carbocycles. The molecule has 6 nitrogen and oxygen atoms in total. The molecular formula is C24H24ClF3N6. The number of pyridine rings is 1. The summed E-state index contributed by atoms with van der Waals surface area (Å²) in [6, 6.07) is 6.61. The maximum Gasteiger partial charge on any atom is 0.265 e. The smallest absolute Gasteiger partial charge is 0.265 e. The Bertz CT molecular complexity index is 1250. The zero-order chi connectivity index (χ0) is 23.6. The van der Waals surface area contributed by atoms with Gasteiger partial charge in [-0.1, -0.05) is 11.6 Å². The minimum Gasteiger partial charge on any atom is -0.357 e. The summed E-state index contributed by atoms with van der Waals surface area (Å²) in [7, 11) is 0. The average molecular weight is 489 g/mol. The highest BCUT2D eigenvalue weighted by Crippen LogP contribution is 2.47. The molecule has 2 aliphatic heterocycles. The standard InChI is InChI=1S/C24H24ClF3N6/c1-14-8-21(29-11-18(14)26)32-6-4-15(5-7-32)23-31-30-22-13-33(20-10-24(20,27)28)12-16-9-17(25)2-3-19(16)34(22)23/h2-3,8-9,11,15,20H,4-7,10,12-13H2,1H3. The van der Waals surface area contributed by atoms with Gasteiger partial charge in [-0.3, -0.25) is 9.47 Å². The molecular weight excluding hydrogens is 465 g/mol. The van der Waals surface area contributed by atoms with Gasteiger partial charge in [0.15, 0.2) is 5.82 Å². The zero-order valence-electron chi connectivity index (χ0n) is 18.7. The molecule has 34 heavy (non-hydrogen) atoms. The first kappa shape index (κ1) is 21.9. The third-order valence-electron chi connectivity index (χ3n) is 7.21. The Balaban J connectivity index is 1.29. The second-order valence-corrected chi connectivity index (χ2v) is 9.96. The van der Waals surface area contributed by atoms with Crippen molar-refractivity contribution >= 4 is 17.4 Å². The molecule has 0 bridgehead atoms. The van der Waals surface area contributed by atoms with Gasteiger partial charge in [0.1, 0.15) is 17.5 Å². The van der Waals surface area contributed by atoms with Gasteiger partial charge in [0, 0.05) is 37.0 Å². The van der Waals surface area contributed by atoms with Crippen molar-refractivity contribution < 1.29 is 13.2 Å². The molecule has 1 aliphatic carbocycles. The van der Waals surface area contributed by atoms with Gasteiger partial charge in [0.05, 0.1) is 24.5 Å². The predicted octanol–water partition coefficient (Wildman–Crippen LogP) is 4.87. The second kappa shape index (κ2) is 7.95. The quantitative estimate of drug-likeness (QED) is 0.526. The molecule has 6 rings (SSSR count). The van der Waals surface area contributed by atoms with Crippen LogP contribution in [-0.2, 0) is 13.1 Å². The predicted molar refractivity (Wildman–Crippen MR) is 122 cm³/mol. The third-order valence-corrected chi connectivity index (χ3v) is 7.44. The summed E-state index contributed by atoms with van der Waals surface area (Å²) in [6.07, 6.45) is 2.82. The molecule has 3 aliphatic rings. The van der Waals surface area contributed by atoms with Gasteiger partial charge in [-0.2, -0.15) is 0 Å². The van der Waals surface area contributed by atoms with Crippen molar-refractivity contribution in [1.29, 1.82) is 0 Å². The fraction of sp³-hybridized carbons (Fsp3) is 0.458. The number of aryl methyl sites for hydroxylation is 1. The Labute approximate surface area is 200 Å². The van der Waals surface area contributed by atoms with Gasteiger partial charge in [0.25, 0.3) is 5.92 Å². The Kier molecular flexibility index (Phi) is 5.11. The van der Waals surface area contributed by atoms with E-state index in [0.29, 0.717) is 29.5 Å². The van der Waals surface area contributed by atoms with E-state index in [2.05, 4.69) is 20.1 Å². The first-order valence-corrected chi connectivity index (χ1v) is 11.9. The molecule has 1 unspecified atom stereocenters. The van der Waals surface area contributed by atoms with Crippen LogP contribution in [0.3, 0.4) is 0 Å². The van der Waals surface area contributed by atoms with Crippen molar-refractivity contribution in [3.63, 3.8) is 0 Å². The summed E-state index contributed by atoms with van der Waals surface area (Å²) in [6.45, 7) is 3.98. The topological polar surface area (TPSA) is 50.1 Å². The average Bonchev–Trinajstić information content (AvgIpc) is 3.32. The number of nitrogens with zero attached hydrogens (tertiary/aromatic N) is 6. The van der Waals surface area contributed by atoms with Crippen LogP contribution in [0.25, 0.3) is 5.69 Å². The lowest BCUT2D eigenvalue weighted by atomic mass is 9.95. The van der Waals surface area contributed by atoms with E-state index in [4.69, 9.17) is 11.6 Å². The summed E-state index contributed by atoms with van der Waals surface area (Å²) in [5.74, 6) is -0.490. The van der Waals surface area contributed by atoms with Crippen LogP contribution >= 0.6 is 11.6 Å². The molecule has 2 fully saturated rings. The number of benzene rings is 1. The maximum atomic E-state index is 13.9. The number of aromatic nitrogens is 4. The van der Waals surface area contributed by atoms with Crippen LogP contribution in [0.1, 0.15) is 48.0 Å². The molecule has 1 saturated heterocycles. The van der Waals surface area contributed by atoms with Crippen molar-refractivity contribution in [3.8, 4) is 5.69 Å². The molecule has 0 spiro atoms. The van der Waals surface area contributed by atoms with Gasteiger partial charge < -0.3 is 4.90 Å². The maximum absolute atomic E-state index is 13.9. The lowest BCUT2D eigenvalue weighted by molar-refractivity contribution is 0.0663. The van der Waals surface area contributed by atoms with E-state index in [1.54, 1.807) is 17.9 Å². The molecule has 1 saturated carbocycles. The monoisotopic (exact) mass is 488 g/mol. The summed E-state index contributed by atoms with van der Waals surface area (Å²) >= 11 is 6.27. The van der Waals surface area contributed by atoms with Crippen molar-refractivity contribution in [2.45, 2.75) is 57.2 Å². The Morgan fingerprint density at radius 3 is 2.56 bits per heavy atom. The first-order chi connectivity index (χ1) is 16.3. The largest absolute Gasteiger partial charge is 0.357 e. The molecule has 0 radical (unpaired) electrons. The number of hydrogen-bond donors (Lipinski definition) is 0. The van der Waals surface area contributed by atoms with E-state index in [-0.39, 0.29) is 18.2 Å². The van der Waals surface area contributed by atoms with Crippen LogP contribution in [0.5, 0.6) is 0 Å². The van der Waals surface area contributed by atoms with Crippen LogP contribution in [0, 0.1) is 12.7 Å². The van der Waals surface area contributed by atoms with Crippen molar-refractivity contribution in [1.82, 2.24) is 24.6 Å². The second-order valence-electron chi connectivity index (χ2n) is 9.52. The van der Waals surface area contributed by atoms with Crippen molar-refractivity contribution in [2.24, 2.45) is 0 Å².